The number of hydrogen-bond acceptors (Lipinski definition) is 6. The van der Waals surface area contributed by atoms with E-state index in [1.807, 2.05) is 28.7 Å². The average Bonchev–Trinajstić information content (AvgIpc) is 3.22. The van der Waals surface area contributed by atoms with Crippen molar-refractivity contribution in [2.75, 3.05) is 26.3 Å². The molecule has 1 amide bonds. The number of imidazole rings is 1. The molecule has 0 bridgehead atoms. The average molecular weight is 436 g/mol. The Morgan fingerprint density at radius 1 is 1.31 bits per heavy atom. The van der Waals surface area contributed by atoms with Gasteiger partial charge in [-0.2, -0.15) is 0 Å². The summed E-state index contributed by atoms with van der Waals surface area (Å²) in [4.78, 5) is 20.1. The number of ether oxygens (including phenoxy) is 1. The van der Waals surface area contributed by atoms with Crippen molar-refractivity contribution in [1.82, 2.24) is 19.7 Å². The molecule has 26 heavy (non-hydrogen) atoms. The number of nitrogens with two attached hydrogens (primary N) is 1. The van der Waals surface area contributed by atoms with Crippen LogP contribution in [0.2, 0.25) is 0 Å². The van der Waals surface area contributed by atoms with Crippen molar-refractivity contribution in [3.8, 4) is 11.3 Å². The van der Waals surface area contributed by atoms with Gasteiger partial charge in [0, 0.05) is 35.1 Å². The summed E-state index contributed by atoms with van der Waals surface area (Å²) >= 11 is 4.91. The lowest BCUT2D eigenvalue weighted by Crippen LogP contribution is -2.35. The molecule has 4 rings (SSSR count). The molecule has 0 aliphatic carbocycles. The van der Waals surface area contributed by atoms with Crippen molar-refractivity contribution in [3.63, 3.8) is 0 Å². The van der Waals surface area contributed by atoms with Gasteiger partial charge in [0.1, 0.15) is 5.69 Å². The fraction of sp³-hybridized carbons (Fsp3) is 0.294. The summed E-state index contributed by atoms with van der Waals surface area (Å²) in [5, 5.41) is 1.78. The molecule has 1 fully saturated rings. The zero-order valence-electron chi connectivity index (χ0n) is 13.9. The number of nitrogen functional groups attached to an aromatic ring is 1. The second-order valence-electron chi connectivity index (χ2n) is 6.01. The molecule has 7 nitrogen and oxygen atoms in total. The summed E-state index contributed by atoms with van der Waals surface area (Å²) in [6.07, 6.45) is 0. The Balaban J connectivity index is 1.84. The Morgan fingerprint density at radius 3 is 2.73 bits per heavy atom. The molecule has 1 saturated heterocycles. The molecule has 0 radical (unpaired) electrons. The molecule has 1 aliphatic heterocycles. The number of carbonyl (C=O) groups is 1. The Morgan fingerprint density at radius 2 is 2.04 bits per heavy atom. The van der Waals surface area contributed by atoms with Gasteiger partial charge in [-0.3, -0.25) is 19.5 Å². The van der Waals surface area contributed by atoms with Gasteiger partial charge in [0.2, 0.25) is 0 Å². The first kappa shape index (κ1) is 17.6. The lowest BCUT2D eigenvalue weighted by molar-refractivity contribution is 0.0338. The number of hydrogen-bond donors (Lipinski definition) is 2. The highest BCUT2D eigenvalue weighted by Gasteiger charge is 2.23. The minimum atomic E-state index is -0.329. The minimum Gasteiger partial charge on any atom is -0.379 e. The van der Waals surface area contributed by atoms with Crippen LogP contribution in [0, 0.1) is 0 Å². The number of amides is 1. The summed E-state index contributed by atoms with van der Waals surface area (Å²) in [6.45, 7) is 3.93. The predicted molar refractivity (Wildman–Crippen MR) is 104 cm³/mol. The number of carbonyl (C=O) groups excluding carboxylic acids is 1. The smallest absolute Gasteiger partial charge is 0.283 e. The number of halogens is 1. The van der Waals surface area contributed by atoms with E-state index in [0.717, 1.165) is 52.7 Å². The van der Waals surface area contributed by atoms with Crippen LogP contribution in [0.15, 0.2) is 34.1 Å². The molecule has 0 spiro atoms. The zero-order valence-corrected chi connectivity index (χ0v) is 16.3. The summed E-state index contributed by atoms with van der Waals surface area (Å²) in [5.74, 6) is 5.03. The second kappa shape index (κ2) is 7.45. The summed E-state index contributed by atoms with van der Waals surface area (Å²) in [5.41, 5.74) is 5.60. The highest BCUT2D eigenvalue weighted by atomic mass is 79.9. The zero-order chi connectivity index (χ0) is 18.1. The third kappa shape index (κ3) is 3.28. The highest BCUT2D eigenvalue weighted by Crippen LogP contribution is 2.31. The number of rotatable bonds is 4. The largest absolute Gasteiger partial charge is 0.379 e. The molecule has 3 heterocycles. The monoisotopic (exact) mass is 435 g/mol. The van der Waals surface area contributed by atoms with E-state index >= 15 is 0 Å². The third-order valence-corrected chi connectivity index (χ3v) is 5.75. The molecular weight excluding hydrogens is 418 g/mol. The van der Waals surface area contributed by atoms with Crippen LogP contribution in [-0.4, -0.2) is 46.5 Å². The van der Waals surface area contributed by atoms with E-state index in [1.165, 1.54) is 11.3 Å². The Kier molecular flexibility index (Phi) is 5.05. The van der Waals surface area contributed by atoms with Crippen LogP contribution in [0.4, 0.5) is 0 Å². The number of fused-ring (bicyclic) bond motifs is 1. The van der Waals surface area contributed by atoms with E-state index in [1.54, 1.807) is 5.38 Å². The number of hydrazine groups is 1. The maximum absolute atomic E-state index is 12.2. The quantitative estimate of drug-likeness (QED) is 0.373. The van der Waals surface area contributed by atoms with Gasteiger partial charge in [-0.15, -0.1) is 11.3 Å². The van der Waals surface area contributed by atoms with Gasteiger partial charge in [-0.1, -0.05) is 28.1 Å². The van der Waals surface area contributed by atoms with Crippen LogP contribution in [0.25, 0.3) is 16.2 Å². The summed E-state index contributed by atoms with van der Waals surface area (Å²) in [6, 6.07) is 8.03. The molecular formula is C17H18BrN5O2S. The maximum atomic E-state index is 12.2. The SMILES string of the molecule is NNC(=O)c1csc2nc(CN3CCOCC3)c(-c3ccc(Br)cc3)n12. The van der Waals surface area contributed by atoms with Gasteiger partial charge in [0.15, 0.2) is 4.96 Å². The number of morpholine rings is 1. The normalized spacial score (nSPS) is 15.5. The number of nitrogens with zero attached hydrogens (tertiary/aromatic N) is 3. The molecule has 3 N–H and O–H groups in total. The van der Waals surface area contributed by atoms with Gasteiger partial charge >= 0.3 is 0 Å². The van der Waals surface area contributed by atoms with Crippen molar-refractivity contribution >= 4 is 38.1 Å². The molecule has 3 aromatic rings. The van der Waals surface area contributed by atoms with Gasteiger partial charge < -0.3 is 4.74 Å². The van der Waals surface area contributed by atoms with E-state index in [2.05, 4.69) is 26.3 Å². The fourth-order valence-corrected chi connectivity index (χ4v) is 4.27. The predicted octanol–water partition coefficient (Wildman–Crippen LogP) is 2.26. The molecule has 0 atom stereocenters. The number of nitrogens with one attached hydrogen (secondary N) is 1. The van der Waals surface area contributed by atoms with Crippen LogP contribution >= 0.6 is 27.3 Å². The summed E-state index contributed by atoms with van der Waals surface area (Å²) < 4.78 is 8.33. The first-order chi connectivity index (χ1) is 12.7. The second-order valence-corrected chi connectivity index (χ2v) is 7.77. The molecule has 2 aromatic heterocycles. The Hall–Kier alpha value is -1.78. The highest BCUT2D eigenvalue weighted by molar-refractivity contribution is 9.10. The van der Waals surface area contributed by atoms with Crippen molar-refractivity contribution in [3.05, 3.63) is 45.5 Å². The van der Waals surface area contributed by atoms with Gasteiger partial charge in [0.25, 0.3) is 5.91 Å². The topological polar surface area (TPSA) is 84.9 Å². The Labute approximate surface area is 162 Å². The van der Waals surface area contributed by atoms with E-state index < -0.39 is 0 Å². The van der Waals surface area contributed by atoms with Crippen LogP contribution in [0.5, 0.6) is 0 Å². The molecule has 0 saturated carbocycles. The van der Waals surface area contributed by atoms with Crippen molar-refractivity contribution in [2.45, 2.75) is 6.54 Å². The number of thiazole rings is 1. The number of benzene rings is 1. The van der Waals surface area contributed by atoms with E-state index in [4.69, 9.17) is 15.6 Å². The minimum absolute atomic E-state index is 0.329. The lowest BCUT2D eigenvalue weighted by atomic mass is 10.1. The third-order valence-electron chi connectivity index (χ3n) is 4.39. The van der Waals surface area contributed by atoms with Gasteiger partial charge in [0.05, 0.1) is 24.6 Å². The van der Waals surface area contributed by atoms with Crippen LogP contribution in [-0.2, 0) is 11.3 Å². The maximum Gasteiger partial charge on any atom is 0.283 e. The van der Waals surface area contributed by atoms with E-state index in [9.17, 15) is 4.79 Å². The first-order valence-electron chi connectivity index (χ1n) is 8.23. The first-order valence-corrected chi connectivity index (χ1v) is 9.90. The molecule has 9 heteroatoms. The molecule has 0 unspecified atom stereocenters. The van der Waals surface area contributed by atoms with Crippen molar-refractivity contribution in [1.29, 1.82) is 0 Å². The summed E-state index contributed by atoms with van der Waals surface area (Å²) in [7, 11) is 0. The van der Waals surface area contributed by atoms with Gasteiger partial charge in [-0.05, 0) is 12.1 Å². The fourth-order valence-electron chi connectivity index (χ4n) is 3.12. The van der Waals surface area contributed by atoms with Crippen LogP contribution in [0.3, 0.4) is 0 Å². The molecule has 136 valence electrons. The Bertz CT molecular complexity index is 931. The van der Waals surface area contributed by atoms with Crippen molar-refractivity contribution in [2.24, 2.45) is 5.84 Å². The van der Waals surface area contributed by atoms with Crippen molar-refractivity contribution < 1.29 is 9.53 Å². The lowest BCUT2D eigenvalue weighted by Gasteiger charge is -2.26. The number of aromatic nitrogens is 2. The van der Waals surface area contributed by atoms with E-state index in [0.29, 0.717) is 12.2 Å². The molecule has 1 aliphatic rings. The van der Waals surface area contributed by atoms with Crippen LogP contribution < -0.4 is 11.3 Å². The van der Waals surface area contributed by atoms with Crippen LogP contribution in [0.1, 0.15) is 16.2 Å². The van der Waals surface area contributed by atoms with E-state index in [-0.39, 0.29) is 5.91 Å². The molecule has 1 aromatic carbocycles. The standard InChI is InChI=1S/C17H18BrN5O2S/c18-12-3-1-11(2-4-12)15-13(9-22-5-7-25-8-6-22)20-17-23(15)14(10-26-17)16(24)21-19/h1-4,10H,5-9,19H2,(H,21,24). The van der Waals surface area contributed by atoms with Gasteiger partial charge in [-0.25, -0.2) is 10.8 Å².